The Labute approximate surface area is 249 Å². The number of benzene rings is 2. The number of carboxylic acids is 1. The molecule has 0 spiro atoms. The predicted molar refractivity (Wildman–Crippen MR) is 154 cm³/mol. The number of anilines is 1. The molecule has 0 unspecified atom stereocenters. The van der Waals surface area contributed by atoms with Crippen molar-refractivity contribution in [2.45, 2.75) is 77.6 Å². The number of amides is 3. The van der Waals surface area contributed by atoms with Crippen LogP contribution < -0.4 is 10.2 Å². The summed E-state index contributed by atoms with van der Waals surface area (Å²) in [5.74, 6) is -2.05. The minimum absolute atomic E-state index is 0.0549. The Morgan fingerprint density at radius 3 is 2.23 bits per heavy atom. The molecule has 0 bridgehead atoms. The number of carboxylic acid groups (broad SMARTS) is 1. The van der Waals surface area contributed by atoms with Gasteiger partial charge in [0.2, 0.25) is 5.91 Å². The van der Waals surface area contributed by atoms with Crippen LogP contribution in [0.5, 0.6) is 0 Å². The number of nitrogens with zero attached hydrogens (tertiary/aromatic N) is 2. The van der Waals surface area contributed by atoms with Crippen molar-refractivity contribution in [1.29, 1.82) is 0 Å². The van der Waals surface area contributed by atoms with E-state index in [1.165, 1.54) is 21.9 Å². The molecule has 0 saturated heterocycles. The number of alkyl halides is 3. The van der Waals surface area contributed by atoms with E-state index in [0.717, 1.165) is 43.4 Å². The maximum Gasteiger partial charge on any atom is 0.416 e. The number of aryl methyl sites for hydroxylation is 1. The summed E-state index contributed by atoms with van der Waals surface area (Å²) in [4.78, 5) is 52.2. The first-order valence-electron chi connectivity index (χ1n) is 14.2. The van der Waals surface area contributed by atoms with Gasteiger partial charge in [0.05, 0.1) is 29.8 Å². The van der Waals surface area contributed by atoms with Crippen molar-refractivity contribution in [3.05, 3.63) is 64.7 Å². The van der Waals surface area contributed by atoms with Gasteiger partial charge < -0.3 is 25.0 Å². The molecule has 0 aromatic heterocycles. The van der Waals surface area contributed by atoms with Gasteiger partial charge in [-0.15, -0.1) is 0 Å². The Morgan fingerprint density at radius 2 is 1.60 bits per heavy atom. The monoisotopic (exact) mass is 605 g/mol. The van der Waals surface area contributed by atoms with Crippen LogP contribution in [0, 0.1) is 0 Å². The van der Waals surface area contributed by atoms with Crippen LogP contribution in [0.3, 0.4) is 0 Å². The Hall–Kier alpha value is -4.09. The van der Waals surface area contributed by atoms with Gasteiger partial charge in [-0.05, 0) is 75.4 Å². The van der Waals surface area contributed by atoms with E-state index < -0.39 is 41.2 Å². The fourth-order valence-electron chi connectivity index (χ4n) is 4.65. The van der Waals surface area contributed by atoms with Crippen molar-refractivity contribution >= 4 is 29.6 Å². The predicted octanol–water partition coefficient (Wildman–Crippen LogP) is 5.80. The van der Waals surface area contributed by atoms with Crippen LogP contribution >= 0.6 is 0 Å². The second kappa shape index (κ2) is 14.4. The van der Waals surface area contributed by atoms with Crippen LogP contribution in [0.25, 0.3) is 0 Å². The number of unbranched alkanes of at least 4 members (excludes halogenated alkanes) is 3. The summed E-state index contributed by atoms with van der Waals surface area (Å²) in [7, 11) is 0. The van der Waals surface area contributed by atoms with Gasteiger partial charge in [-0.25, -0.2) is 4.79 Å². The Morgan fingerprint density at radius 1 is 0.953 bits per heavy atom. The standard InChI is InChI=1S/C31H38F3N3O6/c1-30(2,3)43-29(42)35-16-7-5-4-6-8-21-11-14-25-24(18-21)28(41)36(17-15-27(39)40)20-26(38)37(25)19-22-9-12-23(13-10-22)31(32,33)34/h9-14,18H,4-8,15-17,19-20H2,1-3H3,(H,35,42)(H,39,40). The fourth-order valence-corrected chi connectivity index (χ4v) is 4.65. The zero-order chi connectivity index (χ0) is 31.8. The molecule has 1 heterocycles. The summed E-state index contributed by atoms with van der Waals surface area (Å²) in [6, 6.07) is 9.66. The maximum atomic E-state index is 13.5. The molecule has 0 saturated carbocycles. The molecule has 0 fully saturated rings. The average molecular weight is 606 g/mol. The van der Waals surface area contributed by atoms with Gasteiger partial charge in [0.15, 0.2) is 0 Å². The molecule has 2 N–H and O–H groups in total. The number of fused-ring (bicyclic) bond motifs is 1. The van der Waals surface area contributed by atoms with E-state index in [2.05, 4.69) is 5.32 Å². The normalized spacial score (nSPS) is 13.9. The average Bonchev–Trinajstić information content (AvgIpc) is 3.00. The highest BCUT2D eigenvalue weighted by molar-refractivity contribution is 6.09. The van der Waals surface area contributed by atoms with Crippen LogP contribution in [0.4, 0.5) is 23.7 Å². The second-order valence-electron chi connectivity index (χ2n) is 11.5. The highest BCUT2D eigenvalue weighted by Gasteiger charge is 2.33. The van der Waals surface area contributed by atoms with Gasteiger partial charge in [0.25, 0.3) is 5.91 Å². The first-order valence-corrected chi connectivity index (χ1v) is 14.2. The van der Waals surface area contributed by atoms with Crippen LogP contribution in [0.15, 0.2) is 42.5 Å². The lowest BCUT2D eigenvalue weighted by Crippen LogP contribution is -2.40. The molecule has 234 valence electrons. The third kappa shape index (κ3) is 10.3. The van der Waals surface area contributed by atoms with Gasteiger partial charge in [-0.1, -0.05) is 31.0 Å². The third-order valence-electron chi connectivity index (χ3n) is 6.77. The number of carbonyl (C=O) groups excluding carboxylic acids is 3. The molecule has 2 aromatic rings. The Bertz CT molecular complexity index is 1310. The lowest BCUT2D eigenvalue weighted by Gasteiger charge is -2.23. The summed E-state index contributed by atoms with van der Waals surface area (Å²) in [5.41, 5.74) is 0.508. The molecule has 1 aliphatic rings. The van der Waals surface area contributed by atoms with Crippen molar-refractivity contribution in [2.75, 3.05) is 24.5 Å². The van der Waals surface area contributed by atoms with Crippen LogP contribution in [-0.2, 0) is 33.5 Å². The van der Waals surface area contributed by atoms with Crippen molar-refractivity contribution in [2.24, 2.45) is 0 Å². The summed E-state index contributed by atoms with van der Waals surface area (Å²) in [5, 5.41) is 11.9. The first-order chi connectivity index (χ1) is 20.1. The quantitative estimate of drug-likeness (QED) is 0.296. The number of aliphatic carboxylic acids is 1. The largest absolute Gasteiger partial charge is 0.481 e. The van der Waals surface area contributed by atoms with Gasteiger partial charge in [0, 0.05) is 13.1 Å². The highest BCUT2D eigenvalue weighted by Crippen LogP contribution is 2.31. The zero-order valence-electron chi connectivity index (χ0n) is 24.6. The molecule has 12 heteroatoms. The summed E-state index contributed by atoms with van der Waals surface area (Å²) in [6.07, 6.45) is -1.28. The number of rotatable bonds is 12. The number of hydrogen-bond donors (Lipinski definition) is 2. The van der Waals surface area contributed by atoms with E-state index in [0.29, 0.717) is 24.2 Å². The maximum absolute atomic E-state index is 13.5. The minimum Gasteiger partial charge on any atom is -0.481 e. The Kier molecular flexibility index (Phi) is 11.2. The van der Waals surface area contributed by atoms with Gasteiger partial charge in [0.1, 0.15) is 12.1 Å². The molecule has 2 aromatic carbocycles. The molecule has 3 rings (SSSR count). The van der Waals surface area contributed by atoms with Crippen molar-refractivity contribution in [3.8, 4) is 0 Å². The summed E-state index contributed by atoms with van der Waals surface area (Å²) < 4.78 is 44.3. The van der Waals surface area contributed by atoms with Gasteiger partial charge in [-0.3, -0.25) is 14.4 Å². The van der Waals surface area contributed by atoms with E-state index in [4.69, 9.17) is 9.84 Å². The van der Waals surface area contributed by atoms with E-state index >= 15 is 0 Å². The molecule has 3 amide bonds. The highest BCUT2D eigenvalue weighted by atomic mass is 19.4. The van der Waals surface area contributed by atoms with Gasteiger partial charge >= 0.3 is 18.2 Å². The topological polar surface area (TPSA) is 116 Å². The smallest absolute Gasteiger partial charge is 0.416 e. The van der Waals surface area contributed by atoms with Crippen molar-refractivity contribution in [3.63, 3.8) is 0 Å². The minimum atomic E-state index is -4.49. The van der Waals surface area contributed by atoms with E-state index in [9.17, 15) is 32.3 Å². The molecular weight excluding hydrogens is 567 g/mol. The zero-order valence-corrected chi connectivity index (χ0v) is 24.6. The lowest BCUT2D eigenvalue weighted by molar-refractivity contribution is -0.138. The summed E-state index contributed by atoms with van der Waals surface area (Å²) in [6.45, 7) is 5.32. The number of carbonyl (C=O) groups is 4. The number of halogens is 3. The van der Waals surface area contributed by atoms with E-state index in [1.807, 2.05) is 6.07 Å². The van der Waals surface area contributed by atoms with E-state index in [-0.39, 0.29) is 31.6 Å². The number of ether oxygens (including phenoxy) is 1. The molecule has 0 aliphatic carbocycles. The molecule has 1 aliphatic heterocycles. The molecule has 0 radical (unpaired) electrons. The number of alkyl carbamates (subject to hydrolysis) is 1. The lowest BCUT2D eigenvalue weighted by atomic mass is 10.0. The number of hydrogen-bond acceptors (Lipinski definition) is 5. The molecule has 0 atom stereocenters. The van der Waals surface area contributed by atoms with Crippen LogP contribution in [-0.4, -0.2) is 59.1 Å². The second-order valence-corrected chi connectivity index (χ2v) is 11.5. The van der Waals surface area contributed by atoms with Crippen LogP contribution in [0.1, 0.15) is 79.9 Å². The SMILES string of the molecule is CC(C)(C)OC(=O)NCCCCCCc1ccc2c(c1)C(=O)N(CCC(=O)O)CC(=O)N2Cc1ccc(C(F)(F)F)cc1. The van der Waals surface area contributed by atoms with Gasteiger partial charge in [-0.2, -0.15) is 13.2 Å². The third-order valence-corrected chi connectivity index (χ3v) is 6.77. The number of nitrogens with one attached hydrogen (secondary N) is 1. The van der Waals surface area contributed by atoms with E-state index in [1.54, 1.807) is 32.9 Å². The molecular formula is C31H38F3N3O6. The summed E-state index contributed by atoms with van der Waals surface area (Å²) >= 11 is 0. The fraction of sp³-hybridized carbons (Fsp3) is 0.484. The van der Waals surface area contributed by atoms with Crippen molar-refractivity contribution < 1.29 is 42.2 Å². The molecule has 9 nitrogen and oxygen atoms in total. The molecule has 43 heavy (non-hydrogen) atoms. The first kappa shape index (κ1) is 33.4. The van der Waals surface area contributed by atoms with Crippen molar-refractivity contribution in [1.82, 2.24) is 10.2 Å². The van der Waals surface area contributed by atoms with Crippen LogP contribution in [0.2, 0.25) is 0 Å². The Balaban J connectivity index is 1.69.